The standard InChI is InChI=1S/C6H9Br2N3/c1-2-3-4-11-9-5(7)6(8)10-11/h2-4H2,1H3. The van der Waals surface area contributed by atoms with Crippen LogP contribution in [0.3, 0.4) is 0 Å². The predicted molar refractivity (Wildman–Crippen MR) is 50.3 cm³/mol. The van der Waals surface area contributed by atoms with Crippen LogP contribution in [-0.4, -0.2) is 15.0 Å². The van der Waals surface area contributed by atoms with Gasteiger partial charge in [0.1, 0.15) is 0 Å². The average molecular weight is 283 g/mol. The van der Waals surface area contributed by atoms with Gasteiger partial charge in [-0.15, -0.1) is 10.2 Å². The van der Waals surface area contributed by atoms with E-state index in [4.69, 9.17) is 0 Å². The molecule has 62 valence electrons. The van der Waals surface area contributed by atoms with E-state index in [9.17, 15) is 0 Å². The van der Waals surface area contributed by atoms with Crippen molar-refractivity contribution in [2.45, 2.75) is 26.3 Å². The molecule has 0 fully saturated rings. The van der Waals surface area contributed by atoms with Gasteiger partial charge >= 0.3 is 0 Å². The summed E-state index contributed by atoms with van der Waals surface area (Å²) in [6, 6.07) is 0. The van der Waals surface area contributed by atoms with Crippen molar-refractivity contribution in [1.29, 1.82) is 0 Å². The van der Waals surface area contributed by atoms with Gasteiger partial charge in [0.25, 0.3) is 0 Å². The van der Waals surface area contributed by atoms with Gasteiger partial charge in [0.05, 0.1) is 6.54 Å². The highest BCUT2D eigenvalue weighted by molar-refractivity contribution is 9.13. The van der Waals surface area contributed by atoms with Crippen LogP contribution in [0.1, 0.15) is 19.8 Å². The Bertz CT molecular complexity index is 214. The highest BCUT2D eigenvalue weighted by Gasteiger charge is 2.02. The number of aryl methyl sites for hydroxylation is 1. The summed E-state index contributed by atoms with van der Waals surface area (Å²) in [5.41, 5.74) is 0. The van der Waals surface area contributed by atoms with Crippen LogP contribution in [0.5, 0.6) is 0 Å². The summed E-state index contributed by atoms with van der Waals surface area (Å²) >= 11 is 6.53. The zero-order valence-electron chi connectivity index (χ0n) is 6.22. The lowest BCUT2D eigenvalue weighted by atomic mass is 10.3. The Balaban J connectivity index is 2.58. The van der Waals surface area contributed by atoms with Crippen LogP contribution in [-0.2, 0) is 6.54 Å². The summed E-state index contributed by atoms with van der Waals surface area (Å²) in [6.07, 6.45) is 2.28. The lowest BCUT2D eigenvalue weighted by Crippen LogP contribution is -2.01. The van der Waals surface area contributed by atoms with E-state index in [-0.39, 0.29) is 0 Å². The quantitative estimate of drug-likeness (QED) is 0.853. The maximum Gasteiger partial charge on any atom is 0.162 e. The Morgan fingerprint density at radius 2 is 1.82 bits per heavy atom. The second-order valence-electron chi connectivity index (χ2n) is 2.23. The van der Waals surface area contributed by atoms with Gasteiger partial charge in [-0.2, -0.15) is 4.80 Å². The zero-order valence-corrected chi connectivity index (χ0v) is 9.39. The smallest absolute Gasteiger partial charge is 0.162 e. The molecule has 1 rings (SSSR count). The summed E-state index contributed by atoms with van der Waals surface area (Å²) in [7, 11) is 0. The van der Waals surface area contributed by atoms with Crippen LogP contribution in [0.15, 0.2) is 9.21 Å². The van der Waals surface area contributed by atoms with Gasteiger partial charge in [-0.3, -0.25) is 0 Å². The molecule has 0 atom stereocenters. The summed E-state index contributed by atoms with van der Waals surface area (Å²) < 4.78 is 1.54. The normalized spacial score (nSPS) is 10.5. The monoisotopic (exact) mass is 281 g/mol. The van der Waals surface area contributed by atoms with Crippen molar-refractivity contribution in [3.63, 3.8) is 0 Å². The molecule has 0 radical (unpaired) electrons. The minimum atomic E-state index is 0.772. The summed E-state index contributed by atoms with van der Waals surface area (Å²) in [5, 5.41) is 8.25. The molecule has 0 bridgehead atoms. The molecular formula is C6H9Br2N3. The number of hydrogen-bond acceptors (Lipinski definition) is 2. The molecule has 0 amide bonds. The van der Waals surface area contributed by atoms with Crippen molar-refractivity contribution in [3.05, 3.63) is 9.21 Å². The number of nitrogens with zero attached hydrogens (tertiary/aromatic N) is 3. The number of hydrogen-bond donors (Lipinski definition) is 0. The first-order valence-electron chi connectivity index (χ1n) is 3.50. The van der Waals surface area contributed by atoms with Crippen LogP contribution < -0.4 is 0 Å². The van der Waals surface area contributed by atoms with Crippen molar-refractivity contribution in [3.8, 4) is 0 Å². The van der Waals surface area contributed by atoms with Crippen molar-refractivity contribution >= 4 is 31.9 Å². The third kappa shape index (κ3) is 2.56. The third-order valence-corrected chi connectivity index (χ3v) is 2.89. The molecule has 0 saturated heterocycles. The lowest BCUT2D eigenvalue weighted by Gasteiger charge is -1.94. The minimum absolute atomic E-state index is 0.772. The largest absolute Gasteiger partial charge is 0.183 e. The van der Waals surface area contributed by atoms with Gasteiger partial charge in [-0.05, 0) is 38.3 Å². The fraction of sp³-hybridized carbons (Fsp3) is 0.667. The Hall–Kier alpha value is 0.1000. The van der Waals surface area contributed by atoms with Gasteiger partial charge in [0.15, 0.2) is 9.21 Å². The zero-order chi connectivity index (χ0) is 8.27. The van der Waals surface area contributed by atoms with Gasteiger partial charge in [0, 0.05) is 0 Å². The van der Waals surface area contributed by atoms with E-state index < -0.39 is 0 Å². The van der Waals surface area contributed by atoms with Crippen molar-refractivity contribution in [1.82, 2.24) is 15.0 Å². The number of unbranched alkanes of at least 4 members (excludes halogenated alkanes) is 1. The molecule has 11 heavy (non-hydrogen) atoms. The van der Waals surface area contributed by atoms with E-state index in [1.165, 1.54) is 0 Å². The van der Waals surface area contributed by atoms with Crippen LogP contribution in [0.2, 0.25) is 0 Å². The van der Waals surface area contributed by atoms with Crippen molar-refractivity contribution in [2.24, 2.45) is 0 Å². The molecule has 0 aromatic carbocycles. The molecule has 0 N–H and O–H groups in total. The Kier molecular flexibility index (Phi) is 3.51. The fourth-order valence-electron chi connectivity index (χ4n) is 0.707. The molecule has 0 spiro atoms. The Morgan fingerprint density at radius 3 is 2.27 bits per heavy atom. The molecular weight excluding hydrogens is 274 g/mol. The van der Waals surface area contributed by atoms with E-state index in [0.717, 1.165) is 28.6 Å². The van der Waals surface area contributed by atoms with Gasteiger partial charge in [0.2, 0.25) is 0 Å². The first kappa shape index (κ1) is 9.19. The molecule has 3 nitrogen and oxygen atoms in total. The molecule has 0 saturated carbocycles. The first-order valence-corrected chi connectivity index (χ1v) is 5.08. The van der Waals surface area contributed by atoms with E-state index in [1.807, 2.05) is 0 Å². The minimum Gasteiger partial charge on any atom is -0.183 e. The molecule has 0 aliphatic rings. The average Bonchev–Trinajstić information content (AvgIpc) is 2.28. The Labute approximate surface area is 82.4 Å². The maximum atomic E-state index is 4.12. The number of halogens is 2. The maximum absolute atomic E-state index is 4.12. The van der Waals surface area contributed by atoms with Crippen LogP contribution >= 0.6 is 31.9 Å². The number of aromatic nitrogens is 3. The second kappa shape index (κ2) is 4.21. The van der Waals surface area contributed by atoms with Gasteiger partial charge < -0.3 is 0 Å². The summed E-state index contributed by atoms with van der Waals surface area (Å²) in [5.74, 6) is 0. The fourth-order valence-corrected chi connectivity index (χ4v) is 1.23. The highest BCUT2D eigenvalue weighted by atomic mass is 79.9. The van der Waals surface area contributed by atoms with Gasteiger partial charge in [-0.25, -0.2) is 0 Å². The molecule has 1 aromatic heterocycles. The lowest BCUT2D eigenvalue weighted by molar-refractivity contribution is 0.504. The van der Waals surface area contributed by atoms with E-state index >= 15 is 0 Å². The van der Waals surface area contributed by atoms with Crippen LogP contribution in [0, 0.1) is 0 Å². The molecule has 0 unspecified atom stereocenters. The first-order chi connectivity index (χ1) is 5.24. The van der Waals surface area contributed by atoms with E-state index in [1.54, 1.807) is 4.80 Å². The molecule has 5 heteroatoms. The van der Waals surface area contributed by atoms with Crippen LogP contribution in [0.4, 0.5) is 0 Å². The third-order valence-electron chi connectivity index (χ3n) is 1.29. The van der Waals surface area contributed by atoms with Crippen molar-refractivity contribution < 1.29 is 0 Å². The van der Waals surface area contributed by atoms with Crippen LogP contribution in [0.25, 0.3) is 0 Å². The summed E-state index contributed by atoms with van der Waals surface area (Å²) in [6.45, 7) is 3.04. The van der Waals surface area contributed by atoms with Crippen molar-refractivity contribution in [2.75, 3.05) is 0 Å². The Morgan fingerprint density at radius 1 is 1.27 bits per heavy atom. The summed E-state index contributed by atoms with van der Waals surface area (Å²) in [4.78, 5) is 1.69. The van der Waals surface area contributed by atoms with E-state index in [2.05, 4.69) is 49.0 Å². The topological polar surface area (TPSA) is 30.7 Å². The molecule has 1 heterocycles. The molecule has 0 aliphatic heterocycles. The van der Waals surface area contributed by atoms with E-state index in [0.29, 0.717) is 0 Å². The van der Waals surface area contributed by atoms with Gasteiger partial charge in [-0.1, -0.05) is 13.3 Å². The molecule has 1 aromatic rings. The SMILES string of the molecule is CCCCn1nc(Br)c(Br)n1. The highest BCUT2D eigenvalue weighted by Crippen LogP contribution is 2.16. The predicted octanol–water partition coefficient (Wildman–Crippen LogP) is 2.60. The molecule has 0 aliphatic carbocycles. The second-order valence-corrected chi connectivity index (χ2v) is 3.73. The number of rotatable bonds is 3.